The zero-order chi connectivity index (χ0) is 22.4. The lowest BCUT2D eigenvalue weighted by Crippen LogP contribution is -2.42. The number of hydrogen-bond donors (Lipinski definition) is 1. The van der Waals surface area contributed by atoms with Crippen molar-refractivity contribution in [2.75, 3.05) is 18.4 Å². The maximum Gasteiger partial charge on any atom is 0.309 e. The first-order valence-electron chi connectivity index (χ1n) is 10.3. The van der Waals surface area contributed by atoms with E-state index >= 15 is 0 Å². The van der Waals surface area contributed by atoms with E-state index in [0.717, 1.165) is 5.56 Å². The zero-order valence-electron chi connectivity index (χ0n) is 17.6. The van der Waals surface area contributed by atoms with Crippen molar-refractivity contribution >= 4 is 23.5 Å². The summed E-state index contributed by atoms with van der Waals surface area (Å²) >= 11 is 0. The van der Waals surface area contributed by atoms with Gasteiger partial charge < -0.3 is 15.0 Å². The van der Waals surface area contributed by atoms with E-state index in [1.165, 1.54) is 6.92 Å². The van der Waals surface area contributed by atoms with Crippen LogP contribution >= 0.6 is 0 Å². The molecule has 1 saturated heterocycles. The van der Waals surface area contributed by atoms with Crippen molar-refractivity contribution in [2.24, 2.45) is 5.92 Å². The lowest BCUT2D eigenvalue weighted by Gasteiger charge is -2.31. The van der Waals surface area contributed by atoms with Crippen LogP contribution in [0.5, 0.6) is 0 Å². The normalized spacial score (nSPS) is 14.9. The topological polar surface area (TPSA) is 99.5 Å². The van der Waals surface area contributed by atoms with Crippen molar-refractivity contribution in [2.45, 2.75) is 32.8 Å². The molecule has 0 bridgehead atoms. The van der Waals surface area contributed by atoms with Crippen LogP contribution in [0.25, 0.3) is 0 Å². The van der Waals surface area contributed by atoms with E-state index in [0.29, 0.717) is 42.7 Å². The Morgan fingerprint density at radius 1 is 1.10 bits per heavy atom. The van der Waals surface area contributed by atoms with Gasteiger partial charge in [0.05, 0.1) is 17.2 Å². The second-order valence-electron chi connectivity index (χ2n) is 7.61. The third-order valence-electron chi connectivity index (χ3n) is 5.46. The van der Waals surface area contributed by atoms with E-state index in [-0.39, 0.29) is 11.8 Å². The van der Waals surface area contributed by atoms with Crippen molar-refractivity contribution in [1.82, 2.24) is 4.90 Å². The molecule has 1 N–H and O–H groups in total. The minimum Gasteiger partial charge on any atom is -0.452 e. The summed E-state index contributed by atoms with van der Waals surface area (Å²) in [4.78, 5) is 39.4. The Balaban J connectivity index is 1.51. The molecular weight excluding hydrogens is 394 g/mol. The number of aryl methyl sites for hydroxylation is 1. The second kappa shape index (κ2) is 9.90. The number of ether oxygens (including phenoxy) is 1. The Kier molecular flexibility index (Phi) is 7.03. The number of benzene rings is 2. The van der Waals surface area contributed by atoms with Gasteiger partial charge in [0.15, 0.2) is 6.10 Å². The molecule has 2 amide bonds. The molecular formula is C24H25N3O4. The monoisotopic (exact) mass is 419 g/mol. The summed E-state index contributed by atoms with van der Waals surface area (Å²) in [6.07, 6.45) is -0.0182. The molecule has 7 heteroatoms. The van der Waals surface area contributed by atoms with Gasteiger partial charge >= 0.3 is 5.97 Å². The molecule has 31 heavy (non-hydrogen) atoms. The molecule has 1 aliphatic rings. The van der Waals surface area contributed by atoms with Crippen molar-refractivity contribution in [3.8, 4) is 6.07 Å². The largest absolute Gasteiger partial charge is 0.452 e. The number of carbonyl (C=O) groups excluding carboxylic acids is 3. The number of esters is 1. The first kappa shape index (κ1) is 22.0. The van der Waals surface area contributed by atoms with E-state index < -0.39 is 18.0 Å². The molecule has 2 aromatic carbocycles. The van der Waals surface area contributed by atoms with E-state index in [1.807, 2.05) is 37.3 Å². The number of likely N-dealkylation sites (tertiary alicyclic amines) is 1. The highest BCUT2D eigenvalue weighted by Crippen LogP contribution is 2.22. The van der Waals surface area contributed by atoms with Gasteiger partial charge in [0.1, 0.15) is 6.07 Å². The number of para-hydroxylation sites is 1. The molecule has 0 saturated carbocycles. The highest BCUT2D eigenvalue weighted by molar-refractivity contribution is 5.97. The number of carbonyl (C=O) groups is 3. The molecule has 2 aromatic rings. The second-order valence-corrected chi connectivity index (χ2v) is 7.61. The molecule has 1 aliphatic heterocycles. The summed E-state index contributed by atoms with van der Waals surface area (Å²) < 4.78 is 5.36. The van der Waals surface area contributed by atoms with Crippen LogP contribution in [0.3, 0.4) is 0 Å². The molecule has 7 nitrogen and oxygen atoms in total. The smallest absolute Gasteiger partial charge is 0.309 e. The molecule has 3 rings (SSSR count). The Labute approximate surface area is 181 Å². The first-order valence-corrected chi connectivity index (χ1v) is 10.3. The van der Waals surface area contributed by atoms with Crippen LogP contribution < -0.4 is 5.32 Å². The predicted molar refractivity (Wildman–Crippen MR) is 115 cm³/mol. The summed E-state index contributed by atoms with van der Waals surface area (Å²) in [5.41, 5.74) is 2.30. The van der Waals surface area contributed by atoms with Crippen LogP contribution in [0.4, 0.5) is 5.69 Å². The number of rotatable bonds is 5. The summed E-state index contributed by atoms with van der Waals surface area (Å²) in [6.45, 7) is 4.32. The number of hydrogen-bond acceptors (Lipinski definition) is 5. The Morgan fingerprint density at radius 2 is 1.74 bits per heavy atom. The molecule has 0 unspecified atom stereocenters. The molecule has 0 spiro atoms. The lowest BCUT2D eigenvalue weighted by molar-refractivity contribution is -0.158. The minimum atomic E-state index is -0.995. The Morgan fingerprint density at radius 3 is 2.42 bits per heavy atom. The van der Waals surface area contributed by atoms with Gasteiger partial charge in [-0.1, -0.05) is 30.3 Å². The predicted octanol–water partition coefficient (Wildman–Crippen LogP) is 3.29. The van der Waals surface area contributed by atoms with Crippen LogP contribution in [0.1, 0.15) is 41.3 Å². The van der Waals surface area contributed by atoms with E-state index in [2.05, 4.69) is 5.32 Å². The quantitative estimate of drug-likeness (QED) is 0.750. The van der Waals surface area contributed by atoms with Crippen molar-refractivity contribution in [3.63, 3.8) is 0 Å². The fraction of sp³-hybridized carbons (Fsp3) is 0.333. The Bertz CT molecular complexity index is 1020. The molecule has 0 radical (unpaired) electrons. The van der Waals surface area contributed by atoms with Gasteiger partial charge in [-0.25, -0.2) is 0 Å². The lowest BCUT2D eigenvalue weighted by atomic mass is 9.96. The maximum absolute atomic E-state index is 12.7. The number of nitrogens with zero attached hydrogens (tertiary/aromatic N) is 2. The van der Waals surface area contributed by atoms with E-state index in [1.54, 1.807) is 29.2 Å². The summed E-state index contributed by atoms with van der Waals surface area (Å²) in [6, 6.07) is 16.1. The fourth-order valence-electron chi connectivity index (χ4n) is 3.55. The van der Waals surface area contributed by atoms with Gasteiger partial charge in [-0.15, -0.1) is 0 Å². The van der Waals surface area contributed by atoms with Crippen molar-refractivity contribution < 1.29 is 19.1 Å². The third kappa shape index (κ3) is 5.28. The number of nitriles is 1. The first-order chi connectivity index (χ1) is 14.9. The molecule has 0 aliphatic carbocycles. The van der Waals surface area contributed by atoms with Crippen LogP contribution in [0, 0.1) is 24.2 Å². The van der Waals surface area contributed by atoms with Gasteiger partial charge in [-0.2, -0.15) is 5.26 Å². The van der Waals surface area contributed by atoms with Crippen LogP contribution in [-0.2, 0) is 14.3 Å². The molecule has 1 atom stereocenters. The number of amides is 2. The van der Waals surface area contributed by atoms with Gasteiger partial charge in [0, 0.05) is 18.7 Å². The maximum atomic E-state index is 12.7. The van der Waals surface area contributed by atoms with Crippen LogP contribution in [-0.4, -0.2) is 41.9 Å². The zero-order valence-corrected chi connectivity index (χ0v) is 17.6. The van der Waals surface area contributed by atoms with Crippen molar-refractivity contribution in [3.05, 3.63) is 65.2 Å². The van der Waals surface area contributed by atoms with E-state index in [4.69, 9.17) is 10.00 Å². The van der Waals surface area contributed by atoms with Gasteiger partial charge in [0.25, 0.3) is 11.8 Å². The standard InChI is InChI=1S/C24H25N3O4/c1-16-7-3-5-9-20(16)23(29)27-13-11-18(12-14-27)24(30)31-17(2)22(28)26-21-10-6-4-8-19(21)15-25/h3-10,17-18H,11-14H2,1-2H3,(H,26,28)/t17-/m1/s1. The third-order valence-corrected chi connectivity index (χ3v) is 5.46. The minimum absolute atomic E-state index is 0.0335. The summed E-state index contributed by atoms with van der Waals surface area (Å²) in [5, 5.41) is 11.7. The summed E-state index contributed by atoms with van der Waals surface area (Å²) in [5.74, 6) is -1.33. The van der Waals surface area contributed by atoms with Crippen LogP contribution in [0.2, 0.25) is 0 Å². The highest BCUT2D eigenvalue weighted by Gasteiger charge is 2.31. The SMILES string of the molecule is Cc1ccccc1C(=O)N1CCC(C(=O)O[C@H](C)C(=O)Nc2ccccc2C#N)CC1. The van der Waals surface area contributed by atoms with Gasteiger partial charge in [-0.3, -0.25) is 14.4 Å². The number of anilines is 1. The van der Waals surface area contributed by atoms with Crippen molar-refractivity contribution in [1.29, 1.82) is 5.26 Å². The number of piperidine rings is 1. The average Bonchev–Trinajstić information content (AvgIpc) is 2.79. The molecule has 1 heterocycles. The summed E-state index contributed by atoms with van der Waals surface area (Å²) in [7, 11) is 0. The van der Waals surface area contributed by atoms with Gasteiger partial charge in [-0.05, 0) is 50.5 Å². The molecule has 1 fully saturated rings. The Hall–Kier alpha value is -3.66. The fourth-order valence-corrected chi connectivity index (χ4v) is 3.55. The average molecular weight is 419 g/mol. The molecule has 160 valence electrons. The van der Waals surface area contributed by atoms with Crippen LogP contribution in [0.15, 0.2) is 48.5 Å². The van der Waals surface area contributed by atoms with E-state index in [9.17, 15) is 14.4 Å². The van der Waals surface area contributed by atoms with Gasteiger partial charge in [0.2, 0.25) is 0 Å². The number of nitrogens with one attached hydrogen (secondary N) is 1. The molecule has 0 aromatic heterocycles. The highest BCUT2D eigenvalue weighted by atomic mass is 16.5.